The van der Waals surface area contributed by atoms with E-state index >= 15 is 0 Å². The lowest BCUT2D eigenvalue weighted by atomic mass is 10.0. The second kappa shape index (κ2) is 5.10. The SMILES string of the molecule is CC(=O)N1Cc2cc(Cl)ncc2/C=C\c2ccccc21. The Morgan fingerprint density at radius 3 is 2.80 bits per heavy atom. The maximum Gasteiger partial charge on any atom is 0.224 e. The maximum absolute atomic E-state index is 12.0. The van der Waals surface area contributed by atoms with Crippen LogP contribution in [0.3, 0.4) is 0 Å². The van der Waals surface area contributed by atoms with Crippen LogP contribution in [0.25, 0.3) is 12.2 Å². The van der Waals surface area contributed by atoms with Gasteiger partial charge >= 0.3 is 0 Å². The van der Waals surface area contributed by atoms with Gasteiger partial charge in [0.1, 0.15) is 5.15 Å². The van der Waals surface area contributed by atoms with Crippen molar-refractivity contribution in [3.63, 3.8) is 0 Å². The third-order valence-corrected chi connectivity index (χ3v) is 3.58. The molecule has 1 amide bonds. The van der Waals surface area contributed by atoms with Crippen molar-refractivity contribution in [2.24, 2.45) is 0 Å². The molecule has 4 heteroatoms. The minimum Gasteiger partial charge on any atom is -0.308 e. The summed E-state index contributed by atoms with van der Waals surface area (Å²) < 4.78 is 0. The molecule has 0 bridgehead atoms. The molecule has 100 valence electrons. The summed E-state index contributed by atoms with van der Waals surface area (Å²) in [6.45, 7) is 2.07. The highest BCUT2D eigenvalue weighted by molar-refractivity contribution is 6.29. The van der Waals surface area contributed by atoms with E-state index in [0.29, 0.717) is 11.7 Å². The van der Waals surface area contributed by atoms with E-state index in [1.54, 1.807) is 18.0 Å². The van der Waals surface area contributed by atoms with Crippen molar-refractivity contribution in [3.05, 3.63) is 58.4 Å². The average Bonchev–Trinajstić information content (AvgIpc) is 2.41. The number of hydrogen-bond acceptors (Lipinski definition) is 2. The molecule has 0 fully saturated rings. The number of hydrogen-bond donors (Lipinski definition) is 0. The Morgan fingerprint density at radius 2 is 2.00 bits per heavy atom. The van der Waals surface area contributed by atoms with Gasteiger partial charge in [-0.2, -0.15) is 0 Å². The Kier molecular flexibility index (Phi) is 3.28. The summed E-state index contributed by atoms with van der Waals surface area (Å²) in [5, 5.41) is 0.439. The van der Waals surface area contributed by atoms with E-state index in [0.717, 1.165) is 22.4 Å². The number of carbonyl (C=O) groups excluding carboxylic acids is 1. The van der Waals surface area contributed by atoms with Crippen LogP contribution < -0.4 is 4.90 Å². The molecule has 0 radical (unpaired) electrons. The Balaban J connectivity index is 2.19. The van der Waals surface area contributed by atoms with Crippen LogP contribution in [0.2, 0.25) is 5.15 Å². The van der Waals surface area contributed by atoms with E-state index in [4.69, 9.17) is 11.6 Å². The Bertz CT molecular complexity index is 709. The standard InChI is InChI=1S/C16H13ClN2O/c1-11(20)19-10-14-8-16(17)18-9-13(14)7-6-12-4-2-3-5-15(12)19/h2-9H,10H2,1H3/b7-6-. The molecular weight excluding hydrogens is 272 g/mol. The number of aromatic nitrogens is 1. The Labute approximate surface area is 122 Å². The lowest BCUT2D eigenvalue weighted by Crippen LogP contribution is -2.29. The minimum absolute atomic E-state index is 0.00614. The molecule has 3 nitrogen and oxygen atoms in total. The molecule has 0 unspecified atom stereocenters. The summed E-state index contributed by atoms with van der Waals surface area (Å²) in [6, 6.07) is 9.66. The van der Waals surface area contributed by atoms with E-state index in [2.05, 4.69) is 4.98 Å². The van der Waals surface area contributed by atoms with Crippen molar-refractivity contribution in [1.29, 1.82) is 0 Å². The Hall–Kier alpha value is -2.13. The van der Waals surface area contributed by atoms with Crippen molar-refractivity contribution in [2.75, 3.05) is 4.90 Å². The predicted octanol–water partition coefficient (Wildman–Crippen LogP) is 3.77. The van der Waals surface area contributed by atoms with Crippen molar-refractivity contribution >= 4 is 35.3 Å². The quantitative estimate of drug-likeness (QED) is 0.690. The topological polar surface area (TPSA) is 33.2 Å². The number of benzene rings is 1. The first-order chi connectivity index (χ1) is 9.65. The van der Waals surface area contributed by atoms with E-state index in [1.807, 2.05) is 42.5 Å². The first-order valence-electron chi connectivity index (χ1n) is 6.35. The van der Waals surface area contributed by atoms with Gasteiger partial charge in [-0.1, -0.05) is 42.0 Å². The summed E-state index contributed by atoms with van der Waals surface area (Å²) in [5.74, 6) is 0.00614. The lowest BCUT2D eigenvalue weighted by molar-refractivity contribution is -0.116. The number of halogens is 1. The third kappa shape index (κ3) is 2.32. The van der Waals surface area contributed by atoms with E-state index in [1.165, 1.54) is 0 Å². The third-order valence-electron chi connectivity index (χ3n) is 3.37. The molecule has 0 spiro atoms. The van der Waals surface area contributed by atoms with Gasteiger partial charge < -0.3 is 4.90 Å². The van der Waals surface area contributed by atoms with Crippen LogP contribution in [0.15, 0.2) is 36.5 Å². The van der Waals surface area contributed by atoms with Crippen molar-refractivity contribution < 1.29 is 4.79 Å². The van der Waals surface area contributed by atoms with Gasteiger partial charge in [-0.05, 0) is 28.8 Å². The number of nitrogens with zero attached hydrogens (tertiary/aromatic N) is 2. The molecule has 1 aliphatic rings. The van der Waals surface area contributed by atoms with Gasteiger partial charge in [0.25, 0.3) is 0 Å². The van der Waals surface area contributed by atoms with Crippen LogP contribution in [0.1, 0.15) is 23.6 Å². The molecule has 0 saturated heterocycles. The minimum atomic E-state index is 0.00614. The fourth-order valence-corrected chi connectivity index (χ4v) is 2.54. The molecule has 0 N–H and O–H groups in total. The summed E-state index contributed by atoms with van der Waals surface area (Å²) in [5.41, 5.74) is 3.90. The largest absolute Gasteiger partial charge is 0.308 e. The second-order valence-electron chi connectivity index (χ2n) is 4.70. The molecule has 1 aliphatic heterocycles. The van der Waals surface area contributed by atoms with Crippen LogP contribution in [0, 0.1) is 0 Å². The van der Waals surface area contributed by atoms with Crippen LogP contribution in [-0.2, 0) is 11.3 Å². The molecule has 0 saturated carbocycles. The molecule has 3 rings (SSSR count). The van der Waals surface area contributed by atoms with Crippen molar-refractivity contribution in [1.82, 2.24) is 4.98 Å². The fourth-order valence-electron chi connectivity index (χ4n) is 2.36. The normalized spacial score (nSPS) is 14.8. The maximum atomic E-state index is 12.0. The number of pyridine rings is 1. The van der Waals surface area contributed by atoms with Gasteiger partial charge in [0.15, 0.2) is 0 Å². The highest BCUT2D eigenvalue weighted by Gasteiger charge is 2.18. The van der Waals surface area contributed by atoms with E-state index in [-0.39, 0.29) is 5.91 Å². The first-order valence-corrected chi connectivity index (χ1v) is 6.72. The lowest BCUT2D eigenvalue weighted by Gasteiger charge is -2.25. The van der Waals surface area contributed by atoms with Gasteiger partial charge in [0.2, 0.25) is 5.91 Å². The van der Waals surface area contributed by atoms with Crippen LogP contribution in [-0.4, -0.2) is 10.9 Å². The molecule has 1 aromatic heterocycles. The summed E-state index contributed by atoms with van der Waals surface area (Å²) in [4.78, 5) is 17.8. The van der Waals surface area contributed by atoms with Crippen molar-refractivity contribution in [3.8, 4) is 0 Å². The van der Waals surface area contributed by atoms with Crippen LogP contribution in [0.5, 0.6) is 0 Å². The summed E-state index contributed by atoms with van der Waals surface area (Å²) in [6.07, 6.45) is 5.74. The van der Waals surface area contributed by atoms with Gasteiger partial charge in [0, 0.05) is 13.1 Å². The zero-order chi connectivity index (χ0) is 14.1. The molecule has 20 heavy (non-hydrogen) atoms. The average molecular weight is 285 g/mol. The zero-order valence-electron chi connectivity index (χ0n) is 11.0. The highest BCUT2D eigenvalue weighted by atomic mass is 35.5. The fraction of sp³-hybridized carbons (Fsp3) is 0.125. The second-order valence-corrected chi connectivity index (χ2v) is 5.09. The van der Waals surface area contributed by atoms with Crippen LogP contribution in [0.4, 0.5) is 5.69 Å². The van der Waals surface area contributed by atoms with Crippen molar-refractivity contribution in [2.45, 2.75) is 13.5 Å². The van der Waals surface area contributed by atoms with E-state index in [9.17, 15) is 4.79 Å². The number of fused-ring (bicyclic) bond motifs is 2. The Morgan fingerprint density at radius 1 is 1.25 bits per heavy atom. The number of carbonyl (C=O) groups is 1. The molecule has 2 heterocycles. The van der Waals surface area contributed by atoms with Crippen LogP contribution >= 0.6 is 11.6 Å². The molecule has 1 aromatic carbocycles. The van der Waals surface area contributed by atoms with E-state index < -0.39 is 0 Å². The molecule has 2 aromatic rings. The van der Waals surface area contributed by atoms with Gasteiger partial charge in [0.05, 0.1) is 12.2 Å². The summed E-state index contributed by atoms with van der Waals surface area (Å²) >= 11 is 5.96. The van der Waals surface area contributed by atoms with Gasteiger partial charge in [-0.3, -0.25) is 4.79 Å². The number of amides is 1. The molecule has 0 atom stereocenters. The molecular formula is C16H13ClN2O. The monoisotopic (exact) mass is 284 g/mol. The van der Waals surface area contributed by atoms with Gasteiger partial charge in [-0.15, -0.1) is 0 Å². The number of para-hydroxylation sites is 1. The highest BCUT2D eigenvalue weighted by Crippen LogP contribution is 2.29. The first kappa shape index (κ1) is 12.9. The number of anilines is 1. The zero-order valence-corrected chi connectivity index (χ0v) is 11.8. The van der Waals surface area contributed by atoms with Gasteiger partial charge in [-0.25, -0.2) is 4.98 Å². The number of rotatable bonds is 0. The summed E-state index contributed by atoms with van der Waals surface area (Å²) in [7, 11) is 0. The smallest absolute Gasteiger partial charge is 0.224 e. The molecule has 0 aliphatic carbocycles. The predicted molar refractivity (Wildman–Crippen MR) is 81.5 cm³/mol.